The van der Waals surface area contributed by atoms with Crippen LogP contribution in [0, 0.1) is 18.3 Å². The number of carbonyl (C=O) groups is 1. The maximum Gasteiger partial charge on any atom is 0.323 e. The summed E-state index contributed by atoms with van der Waals surface area (Å²) in [6.45, 7) is 1.95. The molecule has 5 heteroatoms. The molecule has 0 aromatic heterocycles. The van der Waals surface area contributed by atoms with Crippen molar-refractivity contribution >= 4 is 33.3 Å². The number of benzene rings is 2. The van der Waals surface area contributed by atoms with E-state index in [1.165, 1.54) is 0 Å². The maximum atomic E-state index is 11.9. The van der Waals surface area contributed by atoms with Crippen LogP contribution in [0.4, 0.5) is 16.2 Å². The fourth-order valence-electron chi connectivity index (χ4n) is 1.73. The maximum absolute atomic E-state index is 11.9. The number of rotatable bonds is 2. The van der Waals surface area contributed by atoms with Crippen LogP contribution in [0.25, 0.3) is 0 Å². The average Bonchev–Trinajstić information content (AvgIpc) is 2.40. The zero-order valence-corrected chi connectivity index (χ0v) is 12.4. The number of amides is 2. The van der Waals surface area contributed by atoms with Gasteiger partial charge in [-0.25, -0.2) is 4.79 Å². The van der Waals surface area contributed by atoms with E-state index in [0.29, 0.717) is 16.9 Å². The second-order valence-corrected chi connectivity index (χ2v) is 5.17. The van der Waals surface area contributed by atoms with Gasteiger partial charge in [0.25, 0.3) is 0 Å². The predicted molar refractivity (Wildman–Crippen MR) is 82.7 cm³/mol. The van der Waals surface area contributed by atoms with Gasteiger partial charge in [-0.1, -0.05) is 28.1 Å². The first-order valence-corrected chi connectivity index (χ1v) is 6.72. The monoisotopic (exact) mass is 329 g/mol. The van der Waals surface area contributed by atoms with Gasteiger partial charge in [0.05, 0.1) is 11.3 Å². The lowest BCUT2D eigenvalue weighted by atomic mass is 10.2. The lowest BCUT2D eigenvalue weighted by Crippen LogP contribution is -2.20. The van der Waals surface area contributed by atoms with Crippen LogP contribution in [-0.2, 0) is 0 Å². The van der Waals surface area contributed by atoms with E-state index in [9.17, 15) is 4.79 Å². The Labute approximate surface area is 125 Å². The van der Waals surface area contributed by atoms with E-state index in [1.54, 1.807) is 24.3 Å². The van der Waals surface area contributed by atoms with Crippen LogP contribution in [0.2, 0.25) is 0 Å². The van der Waals surface area contributed by atoms with Crippen molar-refractivity contribution < 1.29 is 4.79 Å². The van der Waals surface area contributed by atoms with E-state index in [2.05, 4.69) is 26.6 Å². The number of halogens is 1. The molecular weight excluding hydrogens is 318 g/mol. The first-order chi connectivity index (χ1) is 9.58. The van der Waals surface area contributed by atoms with Crippen LogP contribution in [0.15, 0.2) is 46.9 Å². The first kappa shape index (κ1) is 14.1. The molecule has 0 bridgehead atoms. The third kappa shape index (κ3) is 3.59. The summed E-state index contributed by atoms with van der Waals surface area (Å²) in [5.41, 5.74) is 2.64. The molecule has 2 aromatic rings. The molecule has 2 N–H and O–H groups in total. The summed E-state index contributed by atoms with van der Waals surface area (Å²) in [5, 5.41) is 14.4. The van der Waals surface area contributed by atoms with Gasteiger partial charge < -0.3 is 10.6 Å². The molecule has 0 aliphatic rings. The predicted octanol–water partition coefficient (Wildman–Crippen LogP) is 4.27. The number of nitriles is 1. The van der Waals surface area contributed by atoms with Gasteiger partial charge >= 0.3 is 6.03 Å². The Morgan fingerprint density at radius 3 is 2.70 bits per heavy atom. The molecule has 0 aliphatic carbocycles. The zero-order valence-electron chi connectivity index (χ0n) is 10.8. The Balaban J connectivity index is 2.11. The normalized spacial score (nSPS) is 9.65. The highest BCUT2D eigenvalue weighted by molar-refractivity contribution is 9.10. The van der Waals surface area contributed by atoms with Crippen molar-refractivity contribution in [3.05, 3.63) is 58.1 Å². The quantitative estimate of drug-likeness (QED) is 0.863. The van der Waals surface area contributed by atoms with Crippen LogP contribution in [0.5, 0.6) is 0 Å². The number of anilines is 2. The average molecular weight is 330 g/mol. The second kappa shape index (κ2) is 6.22. The van der Waals surface area contributed by atoms with Crippen LogP contribution >= 0.6 is 15.9 Å². The van der Waals surface area contributed by atoms with E-state index < -0.39 is 0 Å². The van der Waals surface area contributed by atoms with Crippen molar-refractivity contribution in [1.29, 1.82) is 5.26 Å². The molecule has 0 atom stereocenters. The molecule has 0 saturated carbocycles. The minimum atomic E-state index is -0.380. The van der Waals surface area contributed by atoms with E-state index in [-0.39, 0.29) is 6.03 Å². The zero-order chi connectivity index (χ0) is 14.5. The van der Waals surface area contributed by atoms with E-state index in [4.69, 9.17) is 5.26 Å². The Kier molecular flexibility index (Phi) is 4.38. The molecule has 2 amide bonds. The summed E-state index contributed by atoms with van der Waals surface area (Å²) in [4.78, 5) is 11.9. The van der Waals surface area contributed by atoms with Crippen molar-refractivity contribution in [3.8, 4) is 6.07 Å². The van der Waals surface area contributed by atoms with Gasteiger partial charge in [0.1, 0.15) is 6.07 Å². The molecule has 0 radical (unpaired) electrons. The molecule has 100 valence electrons. The van der Waals surface area contributed by atoms with Crippen molar-refractivity contribution in [3.63, 3.8) is 0 Å². The van der Waals surface area contributed by atoms with Gasteiger partial charge in [-0.3, -0.25) is 0 Å². The molecule has 0 fully saturated rings. The summed E-state index contributed by atoms with van der Waals surface area (Å²) < 4.78 is 0.790. The summed E-state index contributed by atoms with van der Waals surface area (Å²) in [6.07, 6.45) is 0. The van der Waals surface area contributed by atoms with Gasteiger partial charge in [0.15, 0.2) is 0 Å². The standard InChI is InChI=1S/C15H12BrN3O/c1-10-3-2-4-13(7-10)18-15(20)19-14-6-5-12(16)8-11(14)9-17/h2-8H,1H3,(H2,18,19,20). The number of aryl methyl sites for hydroxylation is 1. The number of carbonyl (C=O) groups excluding carboxylic acids is 1. The number of nitrogens with one attached hydrogen (secondary N) is 2. The molecule has 0 aliphatic heterocycles. The molecular formula is C15H12BrN3O. The van der Waals surface area contributed by atoms with Gasteiger partial charge in [-0.05, 0) is 42.8 Å². The van der Waals surface area contributed by atoms with Gasteiger partial charge in [-0.2, -0.15) is 5.26 Å². The molecule has 2 rings (SSSR count). The number of hydrogen-bond acceptors (Lipinski definition) is 2. The van der Waals surface area contributed by atoms with Gasteiger partial charge in [-0.15, -0.1) is 0 Å². The Bertz CT molecular complexity index is 692. The Morgan fingerprint density at radius 1 is 1.20 bits per heavy atom. The van der Waals surface area contributed by atoms with Crippen LogP contribution < -0.4 is 10.6 Å². The molecule has 2 aromatic carbocycles. The number of hydrogen-bond donors (Lipinski definition) is 2. The molecule has 4 nitrogen and oxygen atoms in total. The topological polar surface area (TPSA) is 64.9 Å². The molecule has 0 spiro atoms. The Hall–Kier alpha value is -2.32. The lowest BCUT2D eigenvalue weighted by Gasteiger charge is -2.09. The van der Waals surface area contributed by atoms with Gasteiger partial charge in [0, 0.05) is 10.2 Å². The van der Waals surface area contributed by atoms with Crippen molar-refractivity contribution in [2.75, 3.05) is 10.6 Å². The highest BCUT2D eigenvalue weighted by Crippen LogP contribution is 2.20. The van der Waals surface area contributed by atoms with Crippen molar-refractivity contribution in [1.82, 2.24) is 0 Å². The highest BCUT2D eigenvalue weighted by Gasteiger charge is 2.07. The highest BCUT2D eigenvalue weighted by atomic mass is 79.9. The van der Waals surface area contributed by atoms with Crippen molar-refractivity contribution in [2.24, 2.45) is 0 Å². The summed E-state index contributed by atoms with van der Waals surface area (Å²) in [7, 11) is 0. The molecule has 20 heavy (non-hydrogen) atoms. The SMILES string of the molecule is Cc1cccc(NC(=O)Nc2ccc(Br)cc2C#N)c1. The van der Waals surface area contributed by atoms with Crippen LogP contribution in [0.3, 0.4) is 0 Å². The Morgan fingerprint density at radius 2 is 2.00 bits per heavy atom. The van der Waals surface area contributed by atoms with Crippen LogP contribution in [-0.4, -0.2) is 6.03 Å². The minimum absolute atomic E-state index is 0.380. The van der Waals surface area contributed by atoms with Crippen LogP contribution in [0.1, 0.15) is 11.1 Å². The first-order valence-electron chi connectivity index (χ1n) is 5.93. The fraction of sp³-hybridized carbons (Fsp3) is 0.0667. The number of urea groups is 1. The largest absolute Gasteiger partial charge is 0.323 e. The third-order valence-electron chi connectivity index (χ3n) is 2.63. The summed E-state index contributed by atoms with van der Waals surface area (Å²) in [6, 6.07) is 14.3. The molecule has 0 unspecified atom stereocenters. The van der Waals surface area contributed by atoms with E-state index >= 15 is 0 Å². The smallest absolute Gasteiger partial charge is 0.308 e. The molecule has 0 saturated heterocycles. The lowest BCUT2D eigenvalue weighted by molar-refractivity contribution is 0.262. The third-order valence-corrected chi connectivity index (χ3v) is 3.12. The van der Waals surface area contributed by atoms with Crippen molar-refractivity contribution in [2.45, 2.75) is 6.92 Å². The summed E-state index contributed by atoms with van der Waals surface area (Å²) >= 11 is 3.29. The van der Waals surface area contributed by atoms with E-state index in [1.807, 2.05) is 31.2 Å². The summed E-state index contributed by atoms with van der Waals surface area (Å²) in [5.74, 6) is 0. The second-order valence-electron chi connectivity index (χ2n) is 4.25. The number of nitrogens with zero attached hydrogens (tertiary/aromatic N) is 1. The minimum Gasteiger partial charge on any atom is -0.308 e. The van der Waals surface area contributed by atoms with E-state index in [0.717, 1.165) is 10.0 Å². The fourth-order valence-corrected chi connectivity index (χ4v) is 2.09. The van der Waals surface area contributed by atoms with Gasteiger partial charge in [0.2, 0.25) is 0 Å². The molecule has 0 heterocycles.